The van der Waals surface area contributed by atoms with E-state index in [9.17, 15) is 9.90 Å². The molecule has 4 heteroatoms. The number of carboxylic acids is 1. The molecule has 0 heterocycles. The minimum Gasteiger partial charge on any atom is -0.497 e. The summed E-state index contributed by atoms with van der Waals surface area (Å²) in [6.45, 7) is 4.86. The molecule has 0 aliphatic carbocycles. The molecule has 0 aromatic heterocycles. The highest BCUT2D eigenvalue weighted by molar-refractivity contribution is 5.76. The maximum absolute atomic E-state index is 11.7. The Morgan fingerprint density at radius 3 is 2.38 bits per heavy atom. The van der Waals surface area contributed by atoms with Crippen molar-refractivity contribution in [1.82, 2.24) is 0 Å². The predicted molar refractivity (Wildman–Crippen MR) is 93.8 cm³/mol. The van der Waals surface area contributed by atoms with Crippen molar-refractivity contribution < 1.29 is 19.4 Å². The second-order valence-electron chi connectivity index (χ2n) is 6.22. The van der Waals surface area contributed by atoms with Gasteiger partial charge < -0.3 is 14.6 Å². The van der Waals surface area contributed by atoms with E-state index in [-0.39, 0.29) is 0 Å². The van der Waals surface area contributed by atoms with Crippen LogP contribution in [0.2, 0.25) is 0 Å². The SMILES string of the molecule is COc1cccc(C(Cc2ccc(OCC(C)C)cc2)C(=O)O)c1. The van der Waals surface area contributed by atoms with E-state index in [1.165, 1.54) is 0 Å². The highest BCUT2D eigenvalue weighted by Gasteiger charge is 2.21. The molecule has 0 amide bonds. The zero-order valence-corrected chi connectivity index (χ0v) is 14.4. The van der Waals surface area contributed by atoms with Gasteiger partial charge in [-0.1, -0.05) is 38.1 Å². The van der Waals surface area contributed by atoms with Crippen LogP contribution in [-0.2, 0) is 11.2 Å². The highest BCUT2D eigenvalue weighted by atomic mass is 16.5. The summed E-state index contributed by atoms with van der Waals surface area (Å²) in [5, 5.41) is 9.59. The molecule has 2 rings (SSSR count). The van der Waals surface area contributed by atoms with Crippen LogP contribution in [0.15, 0.2) is 48.5 Å². The lowest BCUT2D eigenvalue weighted by Gasteiger charge is -2.14. The molecule has 0 fully saturated rings. The van der Waals surface area contributed by atoms with E-state index in [2.05, 4.69) is 13.8 Å². The van der Waals surface area contributed by atoms with Crippen molar-refractivity contribution in [3.63, 3.8) is 0 Å². The van der Waals surface area contributed by atoms with Crippen molar-refractivity contribution in [2.45, 2.75) is 26.2 Å². The molecule has 0 aliphatic heterocycles. The number of rotatable bonds is 8. The van der Waals surface area contributed by atoms with Gasteiger partial charge >= 0.3 is 5.97 Å². The zero-order chi connectivity index (χ0) is 17.5. The molecular weight excluding hydrogens is 304 g/mol. The van der Waals surface area contributed by atoms with Crippen LogP contribution in [0.5, 0.6) is 11.5 Å². The minimum absolute atomic E-state index is 0.424. The monoisotopic (exact) mass is 328 g/mol. The van der Waals surface area contributed by atoms with E-state index in [1.54, 1.807) is 13.2 Å². The van der Waals surface area contributed by atoms with Gasteiger partial charge in [-0.05, 0) is 47.7 Å². The third-order valence-electron chi connectivity index (χ3n) is 3.74. The van der Waals surface area contributed by atoms with Crippen LogP contribution in [0, 0.1) is 5.92 Å². The summed E-state index contributed by atoms with van der Waals surface area (Å²) < 4.78 is 10.8. The van der Waals surface area contributed by atoms with Gasteiger partial charge in [0.25, 0.3) is 0 Å². The van der Waals surface area contributed by atoms with Crippen LogP contribution in [0.3, 0.4) is 0 Å². The molecule has 1 unspecified atom stereocenters. The first kappa shape index (κ1) is 17.9. The Morgan fingerprint density at radius 2 is 1.79 bits per heavy atom. The molecule has 0 spiro atoms. The smallest absolute Gasteiger partial charge is 0.311 e. The van der Waals surface area contributed by atoms with Gasteiger partial charge in [0.05, 0.1) is 19.6 Å². The molecule has 128 valence electrons. The Bertz CT molecular complexity index is 662. The molecule has 0 saturated carbocycles. The number of hydrogen-bond acceptors (Lipinski definition) is 3. The van der Waals surface area contributed by atoms with Crippen molar-refractivity contribution in [2.75, 3.05) is 13.7 Å². The second-order valence-corrected chi connectivity index (χ2v) is 6.22. The minimum atomic E-state index is -0.844. The first-order valence-electron chi connectivity index (χ1n) is 8.08. The van der Waals surface area contributed by atoms with Crippen LogP contribution in [0.25, 0.3) is 0 Å². The first-order valence-corrected chi connectivity index (χ1v) is 8.08. The largest absolute Gasteiger partial charge is 0.497 e. The average molecular weight is 328 g/mol. The normalized spacial score (nSPS) is 12.0. The third kappa shape index (κ3) is 5.01. The molecule has 0 aliphatic rings. The standard InChI is InChI=1S/C20H24O4/c1-14(2)13-24-17-9-7-15(8-10-17)11-19(20(21)22)16-5-4-6-18(12-16)23-3/h4-10,12,14,19H,11,13H2,1-3H3,(H,21,22). The number of benzene rings is 2. The lowest BCUT2D eigenvalue weighted by Crippen LogP contribution is -2.14. The lowest BCUT2D eigenvalue weighted by atomic mass is 9.92. The summed E-state index contributed by atoms with van der Waals surface area (Å²) >= 11 is 0. The molecule has 4 nitrogen and oxygen atoms in total. The molecule has 0 radical (unpaired) electrons. The van der Waals surface area contributed by atoms with Crippen LogP contribution in [-0.4, -0.2) is 24.8 Å². The lowest BCUT2D eigenvalue weighted by molar-refractivity contribution is -0.138. The van der Waals surface area contributed by atoms with E-state index < -0.39 is 11.9 Å². The number of methoxy groups -OCH3 is 1. The summed E-state index contributed by atoms with van der Waals surface area (Å²) in [5.41, 5.74) is 1.70. The van der Waals surface area contributed by atoms with Crippen LogP contribution < -0.4 is 9.47 Å². The zero-order valence-electron chi connectivity index (χ0n) is 14.4. The number of carboxylic acid groups (broad SMARTS) is 1. The van der Waals surface area contributed by atoms with Crippen LogP contribution in [0.1, 0.15) is 30.9 Å². The molecule has 1 N–H and O–H groups in total. The Balaban J connectivity index is 2.11. The van der Waals surface area contributed by atoms with Crippen LogP contribution >= 0.6 is 0 Å². The van der Waals surface area contributed by atoms with Gasteiger partial charge in [0, 0.05) is 0 Å². The number of aliphatic carboxylic acids is 1. The molecular formula is C20H24O4. The molecule has 0 saturated heterocycles. The fraction of sp³-hybridized carbons (Fsp3) is 0.350. The number of ether oxygens (including phenoxy) is 2. The second kappa shape index (κ2) is 8.39. The van der Waals surface area contributed by atoms with Crippen molar-refractivity contribution in [3.05, 3.63) is 59.7 Å². The Labute approximate surface area is 143 Å². The van der Waals surface area contributed by atoms with Crippen LogP contribution in [0.4, 0.5) is 0 Å². The molecule has 24 heavy (non-hydrogen) atoms. The van der Waals surface area contributed by atoms with Crippen molar-refractivity contribution in [1.29, 1.82) is 0 Å². The van der Waals surface area contributed by atoms with Gasteiger partial charge in [-0.25, -0.2) is 0 Å². The van der Waals surface area contributed by atoms with Crippen molar-refractivity contribution in [2.24, 2.45) is 5.92 Å². The molecule has 0 bridgehead atoms. The molecule has 1 atom stereocenters. The first-order chi connectivity index (χ1) is 11.5. The van der Waals surface area contributed by atoms with E-state index in [4.69, 9.17) is 9.47 Å². The summed E-state index contributed by atoms with van der Waals surface area (Å²) in [4.78, 5) is 11.7. The molecule has 2 aromatic rings. The van der Waals surface area contributed by atoms with Crippen molar-refractivity contribution in [3.8, 4) is 11.5 Å². The summed E-state index contributed by atoms with van der Waals surface area (Å²) in [5.74, 6) is 0.483. The average Bonchev–Trinajstić information content (AvgIpc) is 2.58. The maximum Gasteiger partial charge on any atom is 0.311 e. The quantitative estimate of drug-likeness (QED) is 0.791. The topological polar surface area (TPSA) is 55.8 Å². The van der Waals surface area contributed by atoms with E-state index in [1.807, 2.05) is 42.5 Å². The summed E-state index contributed by atoms with van der Waals surface area (Å²) in [7, 11) is 1.57. The van der Waals surface area contributed by atoms with Gasteiger partial charge in [0.1, 0.15) is 11.5 Å². The van der Waals surface area contributed by atoms with Gasteiger partial charge in [-0.3, -0.25) is 4.79 Å². The summed E-state index contributed by atoms with van der Waals surface area (Å²) in [6.07, 6.45) is 0.424. The van der Waals surface area contributed by atoms with Crippen molar-refractivity contribution >= 4 is 5.97 Å². The van der Waals surface area contributed by atoms with Gasteiger partial charge in [-0.15, -0.1) is 0 Å². The number of hydrogen-bond donors (Lipinski definition) is 1. The highest BCUT2D eigenvalue weighted by Crippen LogP contribution is 2.25. The van der Waals surface area contributed by atoms with Gasteiger partial charge in [0.15, 0.2) is 0 Å². The van der Waals surface area contributed by atoms with Gasteiger partial charge in [0.2, 0.25) is 0 Å². The predicted octanol–water partition coefficient (Wildman–Crippen LogP) is 4.14. The van der Waals surface area contributed by atoms with E-state index in [0.717, 1.165) is 16.9 Å². The Kier molecular flexibility index (Phi) is 6.24. The fourth-order valence-electron chi connectivity index (χ4n) is 2.43. The van der Waals surface area contributed by atoms with E-state index >= 15 is 0 Å². The molecule has 2 aromatic carbocycles. The third-order valence-corrected chi connectivity index (χ3v) is 3.74. The maximum atomic E-state index is 11.7. The fourth-order valence-corrected chi connectivity index (χ4v) is 2.43. The number of carbonyl (C=O) groups is 1. The Hall–Kier alpha value is -2.49. The summed E-state index contributed by atoms with van der Waals surface area (Å²) in [6, 6.07) is 14.8. The van der Waals surface area contributed by atoms with E-state index in [0.29, 0.717) is 24.7 Å². The van der Waals surface area contributed by atoms with Gasteiger partial charge in [-0.2, -0.15) is 0 Å². The Morgan fingerprint density at radius 1 is 1.08 bits per heavy atom.